The molecule has 1 amide bonds. The Morgan fingerprint density at radius 3 is 2.68 bits per heavy atom. The topological polar surface area (TPSA) is 80.2 Å². The number of hydrogen-bond donors (Lipinski definition) is 2. The second-order valence-electron chi connectivity index (χ2n) is 5.36. The number of carbonyl (C=O) groups excluding carboxylic acids is 1. The zero-order valence-corrected chi connectivity index (χ0v) is 14.4. The van der Waals surface area contributed by atoms with Crippen molar-refractivity contribution in [1.82, 2.24) is 5.43 Å². The standard InChI is InChI=1S/C19H22N2O4/c1-3-11-25-19-15(5-4-6-17(19)24-2)13-20-21-18(23)12-14-7-9-16(22)10-8-14/h4-10,13,22H,3,11-12H2,1-2H3,(H,21,23)/b20-13-. The van der Waals surface area contributed by atoms with E-state index < -0.39 is 0 Å². The molecule has 0 spiro atoms. The summed E-state index contributed by atoms with van der Waals surface area (Å²) >= 11 is 0. The van der Waals surface area contributed by atoms with Crippen LogP contribution in [0.4, 0.5) is 0 Å². The number of rotatable bonds is 8. The molecule has 6 heteroatoms. The van der Waals surface area contributed by atoms with Crippen LogP contribution in [0.1, 0.15) is 24.5 Å². The maximum absolute atomic E-state index is 11.9. The Morgan fingerprint density at radius 1 is 1.24 bits per heavy atom. The van der Waals surface area contributed by atoms with Crippen LogP contribution in [0.2, 0.25) is 0 Å². The van der Waals surface area contributed by atoms with E-state index in [1.807, 2.05) is 25.1 Å². The summed E-state index contributed by atoms with van der Waals surface area (Å²) in [5.74, 6) is 1.14. The molecule has 0 fully saturated rings. The lowest BCUT2D eigenvalue weighted by Gasteiger charge is -2.12. The zero-order chi connectivity index (χ0) is 18.1. The summed E-state index contributed by atoms with van der Waals surface area (Å²) in [7, 11) is 1.58. The number of ether oxygens (including phenoxy) is 2. The largest absolute Gasteiger partial charge is 0.508 e. The van der Waals surface area contributed by atoms with Crippen molar-refractivity contribution in [2.75, 3.05) is 13.7 Å². The van der Waals surface area contributed by atoms with Crippen molar-refractivity contribution >= 4 is 12.1 Å². The molecule has 0 radical (unpaired) electrons. The van der Waals surface area contributed by atoms with Gasteiger partial charge in [-0.25, -0.2) is 5.43 Å². The van der Waals surface area contributed by atoms with Crippen LogP contribution in [-0.2, 0) is 11.2 Å². The van der Waals surface area contributed by atoms with Crippen LogP contribution in [0.3, 0.4) is 0 Å². The van der Waals surface area contributed by atoms with E-state index in [4.69, 9.17) is 9.47 Å². The molecule has 25 heavy (non-hydrogen) atoms. The maximum atomic E-state index is 11.9. The number of benzene rings is 2. The van der Waals surface area contributed by atoms with E-state index in [-0.39, 0.29) is 18.1 Å². The lowest BCUT2D eigenvalue weighted by atomic mass is 10.1. The smallest absolute Gasteiger partial charge is 0.244 e. The zero-order valence-electron chi connectivity index (χ0n) is 14.4. The second-order valence-corrected chi connectivity index (χ2v) is 5.36. The fraction of sp³-hybridized carbons (Fsp3) is 0.263. The Kier molecular flexibility index (Phi) is 6.83. The van der Waals surface area contributed by atoms with Crippen LogP contribution in [0.25, 0.3) is 0 Å². The van der Waals surface area contributed by atoms with Gasteiger partial charge >= 0.3 is 0 Å². The number of phenolic OH excluding ortho intramolecular Hbond substituents is 1. The van der Waals surface area contributed by atoms with Crippen molar-refractivity contribution in [2.45, 2.75) is 19.8 Å². The summed E-state index contributed by atoms with van der Waals surface area (Å²) in [6.07, 6.45) is 2.58. The van der Waals surface area contributed by atoms with E-state index in [1.165, 1.54) is 6.21 Å². The van der Waals surface area contributed by atoms with Crippen molar-refractivity contribution in [3.63, 3.8) is 0 Å². The molecule has 0 atom stereocenters. The van der Waals surface area contributed by atoms with Crippen LogP contribution < -0.4 is 14.9 Å². The predicted molar refractivity (Wildman–Crippen MR) is 96.3 cm³/mol. The lowest BCUT2D eigenvalue weighted by Crippen LogP contribution is -2.19. The second kappa shape index (κ2) is 9.32. The van der Waals surface area contributed by atoms with Crippen molar-refractivity contribution in [3.8, 4) is 17.2 Å². The van der Waals surface area contributed by atoms with Gasteiger partial charge in [-0.1, -0.05) is 25.1 Å². The van der Waals surface area contributed by atoms with Crippen molar-refractivity contribution < 1.29 is 19.4 Å². The Labute approximate surface area is 147 Å². The molecule has 0 heterocycles. The van der Waals surface area contributed by atoms with Gasteiger partial charge in [0.25, 0.3) is 0 Å². The summed E-state index contributed by atoms with van der Waals surface area (Å²) in [4.78, 5) is 11.9. The first-order valence-corrected chi connectivity index (χ1v) is 8.03. The Bertz CT molecular complexity index is 727. The van der Waals surface area contributed by atoms with Gasteiger partial charge in [-0.2, -0.15) is 5.10 Å². The average molecular weight is 342 g/mol. The first kappa shape index (κ1) is 18.3. The number of methoxy groups -OCH3 is 1. The van der Waals surface area contributed by atoms with Crippen LogP contribution in [-0.4, -0.2) is 30.9 Å². The van der Waals surface area contributed by atoms with Crippen LogP contribution in [0.5, 0.6) is 17.2 Å². The third kappa shape index (κ3) is 5.53. The fourth-order valence-corrected chi connectivity index (χ4v) is 2.17. The number of nitrogens with zero attached hydrogens (tertiary/aromatic N) is 1. The predicted octanol–water partition coefficient (Wildman–Crippen LogP) is 2.88. The molecule has 0 aliphatic heterocycles. The molecule has 0 saturated heterocycles. The Morgan fingerprint density at radius 2 is 2.00 bits per heavy atom. The third-order valence-corrected chi connectivity index (χ3v) is 3.37. The van der Waals surface area contributed by atoms with E-state index in [0.29, 0.717) is 18.1 Å². The van der Waals surface area contributed by atoms with E-state index >= 15 is 0 Å². The Hall–Kier alpha value is -3.02. The summed E-state index contributed by atoms with van der Waals surface area (Å²) < 4.78 is 11.0. The molecule has 0 saturated carbocycles. The molecule has 0 unspecified atom stereocenters. The number of para-hydroxylation sites is 1. The van der Waals surface area contributed by atoms with Gasteiger partial charge in [0.1, 0.15) is 5.75 Å². The summed E-state index contributed by atoms with van der Waals surface area (Å²) in [5, 5.41) is 13.2. The minimum absolute atomic E-state index is 0.166. The van der Waals surface area contributed by atoms with Gasteiger partial charge < -0.3 is 14.6 Å². The van der Waals surface area contributed by atoms with Crippen LogP contribution in [0.15, 0.2) is 47.6 Å². The monoisotopic (exact) mass is 342 g/mol. The molecule has 2 rings (SSSR count). The highest BCUT2D eigenvalue weighted by Gasteiger charge is 2.09. The number of hydrazone groups is 1. The molecule has 2 aromatic rings. The number of amides is 1. The number of hydrogen-bond acceptors (Lipinski definition) is 5. The van der Waals surface area contributed by atoms with E-state index in [1.54, 1.807) is 31.4 Å². The number of carbonyl (C=O) groups is 1. The summed E-state index contributed by atoms with van der Waals surface area (Å²) in [5.41, 5.74) is 4.00. The van der Waals surface area contributed by atoms with E-state index in [9.17, 15) is 9.90 Å². The van der Waals surface area contributed by atoms with Gasteiger partial charge in [0.2, 0.25) is 5.91 Å². The van der Waals surface area contributed by atoms with E-state index in [2.05, 4.69) is 10.5 Å². The van der Waals surface area contributed by atoms with Gasteiger partial charge in [0.15, 0.2) is 11.5 Å². The average Bonchev–Trinajstić information content (AvgIpc) is 2.62. The molecule has 0 aliphatic rings. The van der Waals surface area contributed by atoms with E-state index in [0.717, 1.165) is 17.5 Å². The summed E-state index contributed by atoms with van der Waals surface area (Å²) in [6.45, 7) is 2.58. The molecule has 132 valence electrons. The normalized spacial score (nSPS) is 10.6. The molecule has 0 aliphatic carbocycles. The van der Waals surface area contributed by atoms with Gasteiger partial charge in [-0.3, -0.25) is 4.79 Å². The number of aromatic hydroxyl groups is 1. The van der Waals surface area contributed by atoms with Gasteiger partial charge in [-0.15, -0.1) is 0 Å². The van der Waals surface area contributed by atoms with Crippen LogP contribution >= 0.6 is 0 Å². The number of phenols is 1. The van der Waals surface area contributed by atoms with Crippen molar-refractivity contribution in [1.29, 1.82) is 0 Å². The highest BCUT2D eigenvalue weighted by molar-refractivity contribution is 5.86. The minimum Gasteiger partial charge on any atom is -0.508 e. The molecule has 0 bridgehead atoms. The van der Waals surface area contributed by atoms with Gasteiger partial charge in [0.05, 0.1) is 26.4 Å². The Balaban J connectivity index is 2.01. The maximum Gasteiger partial charge on any atom is 0.244 e. The first-order chi connectivity index (χ1) is 12.1. The molecule has 2 aromatic carbocycles. The van der Waals surface area contributed by atoms with Crippen molar-refractivity contribution in [2.24, 2.45) is 5.10 Å². The van der Waals surface area contributed by atoms with Crippen LogP contribution in [0, 0.1) is 0 Å². The highest BCUT2D eigenvalue weighted by Crippen LogP contribution is 2.30. The van der Waals surface area contributed by atoms with Gasteiger partial charge in [-0.05, 0) is 36.2 Å². The molecule has 6 nitrogen and oxygen atoms in total. The third-order valence-electron chi connectivity index (χ3n) is 3.37. The summed E-state index contributed by atoms with van der Waals surface area (Å²) in [6, 6.07) is 11.9. The molecule has 0 aromatic heterocycles. The number of nitrogens with one attached hydrogen (secondary N) is 1. The van der Waals surface area contributed by atoms with Crippen molar-refractivity contribution in [3.05, 3.63) is 53.6 Å². The first-order valence-electron chi connectivity index (χ1n) is 8.03. The highest BCUT2D eigenvalue weighted by atomic mass is 16.5. The van der Waals surface area contributed by atoms with Gasteiger partial charge in [0, 0.05) is 5.56 Å². The lowest BCUT2D eigenvalue weighted by molar-refractivity contribution is -0.120. The minimum atomic E-state index is -0.249. The SMILES string of the molecule is CCCOc1c(/C=N\NC(=O)Cc2ccc(O)cc2)cccc1OC. The molecular formula is C19H22N2O4. The molecular weight excluding hydrogens is 320 g/mol. The quantitative estimate of drug-likeness (QED) is 0.571. The molecule has 2 N–H and O–H groups in total. The fourth-order valence-electron chi connectivity index (χ4n) is 2.17.